The number of carbonyl (C=O) groups excluding carboxylic acids is 2. The first-order valence-corrected chi connectivity index (χ1v) is 13.8. The molecule has 0 aliphatic rings. The van der Waals surface area contributed by atoms with Gasteiger partial charge in [-0.25, -0.2) is 8.42 Å². The van der Waals surface area contributed by atoms with Crippen molar-refractivity contribution in [3.63, 3.8) is 0 Å². The Hall–Kier alpha value is -2.14. The van der Waals surface area contributed by atoms with Crippen LogP contribution in [0.15, 0.2) is 48.5 Å². The molecule has 7 nitrogen and oxygen atoms in total. The number of amides is 2. The second-order valence-corrected chi connectivity index (χ2v) is 11.2. The van der Waals surface area contributed by atoms with Crippen molar-refractivity contribution < 1.29 is 18.0 Å². The first-order valence-electron chi connectivity index (χ1n) is 10.9. The molecule has 0 saturated heterocycles. The Morgan fingerprint density at radius 3 is 2.36 bits per heavy atom. The van der Waals surface area contributed by atoms with Crippen molar-refractivity contribution in [1.29, 1.82) is 0 Å². The Morgan fingerprint density at radius 1 is 1.12 bits per heavy atom. The van der Waals surface area contributed by atoms with E-state index in [9.17, 15) is 18.0 Å². The van der Waals surface area contributed by atoms with Gasteiger partial charge in [0.1, 0.15) is 12.6 Å². The molecule has 0 aromatic heterocycles. The van der Waals surface area contributed by atoms with Crippen molar-refractivity contribution in [2.75, 3.05) is 23.7 Å². The smallest absolute Gasteiger partial charge is 0.244 e. The molecule has 1 atom stereocenters. The number of halogens is 1. The second kappa shape index (κ2) is 12.4. The maximum absolute atomic E-state index is 13.4. The van der Waals surface area contributed by atoms with Crippen molar-refractivity contribution in [2.24, 2.45) is 0 Å². The van der Waals surface area contributed by atoms with Crippen molar-refractivity contribution in [3.8, 4) is 0 Å². The number of nitrogens with zero attached hydrogens (tertiary/aromatic N) is 2. The van der Waals surface area contributed by atoms with Crippen LogP contribution in [0.4, 0.5) is 5.69 Å². The van der Waals surface area contributed by atoms with Gasteiger partial charge in [-0.3, -0.25) is 13.9 Å². The molecular formula is C24H32IN3O4S. The van der Waals surface area contributed by atoms with Crippen molar-refractivity contribution >= 4 is 50.1 Å². The number of carbonyl (C=O) groups is 2. The van der Waals surface area contributed by atoms with Gasteiger partial charge in [-0.1, -0.05) is 43.2 Å². The van der Waals surface area contributed by atoms with Crippen LogP contribution in [-0.2, 0) is 26.2 Å². The standard InChI is InChI=1S/C24H32IN3O4S/c1-5-6-14-26-24(30)19(3)27(16-20-9-7-8-18(2)15-20)23(29)17-28(33(4,31)32)22-12-10-21(25)11-13-22/h7-13,15,19H,5-6,14,16-17H2,1-4H3,(H,26,30)/t19-/m1/s1. The van der Waals surface area contributed by atoms with Gasteiger partial charge in [-0.2, -0.15) is 0 Å². The zero-order valence-electron chi connectivity index (χ0n) is 19.5. The van der Waals surface area contributed by atoms with Crippen LogP contribution in [-0.4, -0.2) is 50.5 Å². The summed E-state index contributed by atoms with van der Waals surface area (Å²) in [6.07, 6.45) is 2.86. The number of aryl methyl sites for hydroxylation is 1. The van der Waals surface area contributed by atoms with Crippen LogP contribution in [0.1, 0.15) is 37.8 Å². The molecule has 0 aliphatic carbocycles. The van der Waals surface area contributed by atoms with Crippen LogP contribution in [0.3, 0.4) is 0 Å². The average molecular weight is 586 g/mol. The summed E-state index contributed by atoms with van der Waals surface area (Å²) in [5.74, 6) is -0.705. The average Bonchev–Trinajstić information content (AvgIpc) is 2.75. The third-order valence-electron chi connectivity index (χ3n) is 5.23. The highest BCUT2D eigenvalue weighted by Crippen LogP contribution is 2.20. The fourth-order valence-corrected chi connectivity index (χ4v) is 4.56. The number of nitrogens with one attached hydrogen (secondary N) is 1. The van der Waals surface area contributed by atoms with Crippen LogP contribution < -0.4 is 9.62 Å². The Balaban J connectivity index is 2.33. The van der Waals surface area contributed by atoms with Gasteiger partial charge in [0, 0.05) is 16.7 Å². The van der Waals surface area contributed by atoms with E-state index in [1.54, 1.807) is 31.2 Å². The summed E-state index contributed by atoms with van der Waals surface area (Å²) in [7, 11) is -3.72. The first kappa shape index (κ1) is 27.1. The van der Waals surface area contributed by atoms with E-state index >= 15 is 0 Å². The van der Waals surface area contributed by atoms with Gasteiger partial charge < -0.3 is 10.2 Å². The summed E-state index contributed by atoms with van der Waals surface area (Å²) in [5.41, 5.74) is 2.31. The van der Waals surface area contributed by atoms with Gasteiger partial charge in [0.25, 0.3) is 0 Å². The van der Waals surface area contributed by atoms with Gasteiger partial charge in [0.05, 0.1) is 11.9 Å². The van der Waals surface area contributed by atoms with Crippen molar-refractivity contribution in [1.82, 2.24) is 10.2 Å². The van der Waals surface area contributed by atoms with Crippen LogP contribution >= 0.6 is 22.6 Å². The molecule has 9 heteroatoms. The monoisotopic (exact) mass is 585 g/mol. The van der Waals surface area contributed by atoms with Gasteiger partial charge >= 0.3 is 0 Å². The minimum absolute atomic E-state index is 0.202. The van der Waals surface area contributed by atoms with E-state index in [0.29, 0.717) is 12.2 Å². The number of rotatable bonds is 11. The van der Waals surface area contributed by atoms with Crippen molar-refractivity contribution in [3.05, 3.63) is 63.2 Å². The van der Waals surface area contributed by atoms with Crippen molar-refractivity contribution in [2.45, 2.75) is 46.2 Å². The number of benzene rings is 2. The lowest BCUT2D eigenvalue weighted by Gasteiger charge is -2.31. The highest BCUT2D eigenvalue weighted by Gasteiger charge is 2.30. The molecule has 180 valence electrons. The van der Waals surface area contributed by atoms with E-state index in [1.807, 2.05) is 38.1 Å². The van der Waals surface area contributed by atoms with E-state index in [1.165, 1.54) is 4.90 Å². The molecule has 0 heterocycles. The summed E-state index contributed by atoms with van der Waals surface area (Å²) >= 11 is 2.13. The summed E-state index contributed by atoms with van der Waals surface area (Å²) < 4.78 is 27.1. The van der Waals surface area contributed by atoms with E-state index in [0.717, 1.165) is 38.1 Å². The zero-order valence-corrected chi connectivity index (χ0v) is 22.5. The molecular weight excluding hydrogens is 553 g/mol. The number of hydrogen-bond donors (Lipinski definition) is 1. The largest absolute Gasteiger partial charge is 0.354 e. The SMILES string of the molecule is CCCCNC(=O)[C@@H](C)N(Cc1cccc(C)c1)C(=O)CN(c1ccc(I)cc1)S(C)(=O)=O. The molecule has 33 heavy (non-hydrogen) atoms. The quantitative estimate of drug-likeness (QED) is 0.322. The summed E-state index contributed by atoms with van der Waals surface area (Å²) in [6, 6.07) is 13.8. The Labute approximate surface area is 210 Å². The molecule has 0 radical (unpaired) electrons. The summed E-state index contributed by atoms with van der Waals surface area (Å²) in [5, 5.41) is 2.87. The van der Waals surface area contributed by atoms with E-state index in [4.69, 9.17) is 0 Å². The molecule has 0 fully saturated rings. The van der Waals surface area contributed by atoms with E-state index < -0.39 is 28.5 Å². The molecule has 2 rings (SSSR count). The molecule has 0 bridgehead atoms. The van der Waals surface area contributed by atoms with Crippen LogP contribution in [0, 0.1) is 10.5 Å². The van der Waals surface area contributed by atoms with Gasteiger partial charge in [-0.05, 0) is 72.7 Å². The Morgan fingerprint density at radius 2 is 1.79 bits per heavy atom. The third-order valence-corrected chi connectivity index (χ3v) is 7.09. The third kappa shape index (κ3) is 8.29. The van der Waals surface area contributed by atoms with Crippen LogP contribution in [0.2, 0.25) is 0 Å². The minimum atomic E-state index is -3.72. The molecule has 0 aliphatic heterocycles. The first-order chi connectivity index (χ1) is 15.5. The number of sulfonamides is 1. The highest BCUT2D eigenvalue weighted by molar-refractivity contribution is 14.1. The molecule has 2 aromatic rings. The summed E-state index contributed by atoms with van der Waals surface area (Å²) in [6.45, 7) is 6.01. The number of hydrogen-bond acceptors (Lipinski definition) is 4. The predicted molar refractivity (Wildman–Crippen MR) is 140 cm³/mol. The van der Waals surface area contributed by atoms with Gasteiger partial charge in [0.15, 0.2) is 0 Å². The molecule has 1 N–H and O–H groups in total. The van der Waals surface area contributed by atoms with E-state index in [-0.39, 0.29) is 12.5 Å². The Bertz CT molecular complexity index is 1060. The minimum Gasteiger partial charge on any atom is -0.354 e. The fraction of sp³-hybridized carbons (Fsp3) is 0.417. The second-order valence-electron chi connectivity index (χ2n) is 8.08. The Kier molecular flexibility index (Phi) is 10.2. The molecule has 0 spiro atoms. The molecule has 0 unspecified atom stereocenters. The number of unbranched alkanes of at least 4 members (excludes halogenated alkanes) is 1. The molecule has 2 amide bonds. The maximum Gasteiger partial charge on any atom is 0.244 e. The molecule has 2 aromatic carbocycles. The summed E-state index contributed by atoms with van der Waals surface area (Å²) in [4.78, 5) is 27.7. The normalized spacial score (nSPS) is 12.2. The topological polar surface area (TPSA) is 86.8 Å². The number of anilines is 1. The van der Waals surface area contributed by atoms with Crippen LogP contribution in [0.25, 0.3) is 0 Å². The lowest BCUT2D eigenvalue weighted by Crippen LogP contribution is -2.51. The highest BCUT2D eigenvalue weighted by atomic mass is 127. The zero-order chi connectivity index (χ0) is 24.6. The van der Waals surface area contributed by atoms with Gasteiger partial charge in [0.2, 0.25) is 21.8 Å². The maximum atomic E-state index is 13.4. The lowest BCUT2D eigenvalue weighted by atomic mass is 10.1. The lowest BCUT2D eigenvalue weighted by molar-refractivity contribution is -0.139. The molecule has 0 saturated carbocycles. The predicted octanol–water partition coefficient (Wildman–Crippen LogP) is 3.70. The van der Waals surface area contributed by atoms with Crippen LogP contribution in [0.5, 0.6) is 0 Å². The van der Waals surface area contributed by atoms with E-state index in [2.05, 4.69) is 27.9 Å². The van der Waals surface area contributed by atoms with Gasteiger partial charge in [-0.15, -0.1) is 0 Å². The fourth-order valence-electron chi connectivity index (χ4n) is 3.35.